The zero-order chi connectivity index (χ0) is 13.5. The lowest BCUT2D eigenvalue weighted by Gasteiger charge is -2.21. The minimum absolute atomic E-state index is 0.307. The summed E-state index contributed by atoms with van der Waals surface area (Å²) in [4.78, 5) is 6.64. The van der Waals surface area contributed by atoms with Crippen molar-refractivity contribution >= 4 is 5.96 Å². The molecule has 0 aliphatic carbocycles. The van der Waals surface area contributed by atoms with Gasteiger partial charge in [-0.2, -0.15) is 0 Å². The number of likely N-dealkylation sites (tertiary alicyclic amines) is 1. The van der Waals surface area contributed by atoms with Gasteiger partial charge in [-0.1, -0.05) is 25.0 Å². The summed E-state index contributed by atoms with van der Waals surface area (Å²) in [6.07, 6.45) is 5.83. The molecule has 1 aromatic rings. The number of phenols is 1. The van der Waals surface area contributed by atoms with Crippen LogP contribution in [0.1, 0.15) is 31.2 Å². The molecule has 1 aliphatic heterocycles. The second kappa shape index (κ2) is 7.02. The molecule has 0 radical (unpaired) electrons. The molecule has 104 valence electrons. The molecule has 0 aromatic heterocycles. The first kappa shape index (κ1) is 13.7. The van der Waals surface area contributed by atoms with E-state index in [0.717, 1.165) is 25.1 Å². The highest BCUT2D eigenvalue weighted by molar-refractivity contribution is 5.78. The van der Waals surface area contributed by atoms with E-state index < -0.39 is 0 Å². The molecule has 4 nitrogen and oxygen atoms in total. The Hall–Kier alpha value is -1.71. The molecule has 3 N–H and O–H groups in total. The molecule has 1 saturated heterocycles. The number of hydrogen-bond acceptors (Lipinski definition) is 2. The van der Waals surface area contributed by atoms with E-state index in [1.54, 1.807) is 12.1 Å². The summed E-state index contributed by atoms with van der Waals surface area (Å²) >= 11 is 0. The third-order valence-electron chi connectivity index (χ3n) is 3.51. The highest BCUT2D eigenvalue weighted by Gasteiger charge is 2.10. The van der Waals surface area contributed by atoms with Gasteiger partial charge in [0.25, 0.3) is 0 Å². The van der Waals surface area contributed by atoms with Crippen LogP contribution in [-0.2, 0) is 6.42 Å². The Morgan fingerprint density at radius 1 is 1.21 bits per heavy atom. The van der Waals surface area contributed by atoms with E-state index in [0.29, 0.717) is 18.3 Å². The predicted octanol–water partition coefficient (Wildman–Crippen LogP) is 2.13. The number of rotatable bonds is 3. The zero-order valence-corrected chi connectivity index (χ0v) is 11.4. The van der Waals surface area contributed by atoms with Crippen LogP contribution in [0.3, 0.4) is 0 Å². The average molecular weight is 261 g/mol. The van der Waals surface area contributed by atoms with Crippen molar-refractivity contribution in [1.29, 1.82) is 0 Å². The van der Waals surface area contributed by atoms with E-state index in [-0.39, 0.29) is 0 Å². The van der Waals surface area contributed by atoms with E-state index in [9.17, 15) is 5.11 Å². The molecule has 0 saturated carbocycles. The lowest BCUT2D eigenvalue weighted by atomic mass is 10.1. The fourth-order valence-electron chi connectivity index (χ4n) is 2.41. The van der Waals surface area contributed by atoms with Crippen molar-refractivity contribution in [2.45, 2.75) is 32.1 Å². The van der Waals surface area contributed by atoms with Crippen molar-refractivity contribution in [3.05, 3.63) is 29.8 Å². The molecule has 1 aliphatic rings. The number of nitrogens with two attached hydrogens (primary N) is 1. The number of phenolic OH excluding ortho intramolecular Hbond substituents is 1. The van der Waals surface area contributed by atoms with Crippen LogP contribution in [0.5, 0.6) is 5.75 Å². The summed E-state index contributed by atoms with van der Waals surface area (Å²) in [7, 11) is 0. The maximum atomic E-state index is 9.39. The van der Waals surface area contributed by atoms with Crippen LogP contribution in [0.15, 0.2) is 29.3 Å². The molecular formula is C15H23N3O. The number of nitrogens with zero attached hydrogens (tertiary/aromatic N) is 2. The Balaban J connectivity index is 1.83. The number of benzene rings is 1. The Labute approximate surface area is 114 Å². The molecule has 1 heterocycles. The lowest BCUT2D eigenvalue weighted by molar-refractivity contribution is 0.428. The molecule has 0 spiro atoms. The molecule has 0 unspecified atom stereocenters. The molecular weight excluding hydrogens is 238 g/mol. The summed E-state index contributed by atoms with van der Waals surface area (Å²) in [5, 5.41) is 9.39. The molecule has 1 aromatic carbocycles. The van der Waals surface area contributed by atoms with Crippen LogP contribution in [0.4, 0.5) is 0 Å². The van der Waals surface area contributed by atoms with E-state index in [4.69, 9.17) is 5.73 Å². The fourth-order valence-corrected chi connectivity index (χ4v) is 2.41. The van der Waals surface area contributed by atoms with Crippen LogP contribution < -0.4 is 5.73 Å². The number of guanidine groups is 1. The van der Waals surface area contributed by atoms with Gasteiger partial charge in [-0.15, -0.1) is 0 Å². The second-order valence-corrected chi connectivity index (χ2v) is 5.06. The quantitative estimate of drug-likeness (QED) is 0.647. The minimum Gasteiger partial charge on any atom is -0.508 e. The van der Waals surface area contributed by atoms with Crippen molar-refractivity contribution in [3.63, 3.8) is 0 Å². The third kappa shape index (κ3) is 4.47. The van der Waals surface area contributed by atoms with Crippen LogP contribution in [-0.4, -0.2) is 35.6 Å². The van der Waals surface area contributed by atoms with Crippen LogP contribution in [0.25, 0.3) is 0 Å². The first-order chi connectivity index (χ1) is 9.25. The summed E-state index contributed by atoms with van der Waals surface area (Å²) in [6, 6.07) is 7.31. The first-order valence-electron chi connectivity index (χ1n) is 7.08. The van der Waals surface area contributed by atoms with Gasteiger partial charge < -0.3 is 15.7 Å². The van der Waals surface area contributed by atoms with Gasteiger partial charge in [0.2, 0.25) is 0 Å². The van der Waals surface area contributed by atoms with E-state index >= 15 is 0 Å². The second-order valence-electron chi connectivity index (χ2n) is 5.06. The maximum Gasteiger partial charge on any atom is 0.191 e. The van der Waals surface area contributed by atoms with E-state index in [1.165, 1.54) is 25.7 Å². The summed E-state index contributed by atoms with van der Waals surface area (Å²) in [5.41, 5.74) is 7.13. The van der Waals surface area contributed by atoms with Gasteiger partial charge in [0, 0.05) is 19.6 Å². The van der Waals surface area contributed by atoms with Gasteiger partial charge in [0.15, 0.2) is 5.96 Å². The number of aromatic hydroxyl groups is 1. The Bertz CT molecular complexity index is 423. The number of hydrogen-bond donors (Lipinski definition) is 2. The molecule has 19 heavy (non-hydrogen) atoms. The molecule has 4 heteroatoms. The van der Waals surface area contributed by atoms with Crippen molar-refractivity contribution in [3.8, 4) is 5.75 Å². The molecule has 1 fully saturated rings. The minimum atomic E-state index is 0.307. The molecule has 0 atom stereocenters. The fraction of sp³-hybridized carbons (Fsp3) is 0.533. The zero-order valence-electron chi connectivity index (χ0n) is 11.4. The van der Waals surface area contributed by atoms with Crippen molar-refractivity contribution in [2.75, 3.05) is 19.6 Å². The Morgan fingerprint density at radius 2 is 1.95 bits per heavy atom. The van der Waals surface area contributed by atoms with Gasteiger partial charge in [-0.25, -0.2) is 0 Å². The van der Waals surface area contributed by atoms with Gasteiger partial charge in [-0.3, -0.25) is 4.99 Å². The monoisotopic (exact) mass is 261 g/mol. The van der Waals surface area contributed by atoms with Crippen LogP contribution in [0, 0.1) is 0 Å². The summed E-state index contributed by atoms with van der Waals surface area (Å²) in [6.45, 7) is 2.73. The smallest absolute Gasteiger partial charge is 0.191 e. The van der Waals surface area contributed by atoms with Gasteiger partial charge in [-0.05, 0) is 37.0 Å². The van der Waals surface area contributed by atoms with Crippen LogP contribution >= 0.6 is 0 Å². The van der Waals surface area contributed by atoms with Gasteiger partial charge >= 0.3 is 0 Å². The molecule has 0 amide bonds. The van der Waals surface area contributed by atoms with Gasteiger partial charge in [0.1, 0.15) is 5.75 Å². The first-order valence-corrected chi connectivity index (χ1v) is 7.08. The van der Waals surface area contributed by atoms with Gasteiger partial charge in [0.05, 0.1) is 0 Å². The topological polar surface area (TPSA) is 61.9 Å². The Morgan fingerprint density at radius 3 is 2.63 bits per heavy atom. The van der Waals surface area contributed by atoms with Crippen LogP contribution in [0.2, 0.25) is 0 Å². The maximum absolute atomic E-state index is 9.39. The normalized spacial score (nSPS) is 17.3. The summed E-state index contributed by atoms with van der Waals surface area (Å²) < 4.78 is 0. The highest BCUT2D eigenvalue weighted by atomic mass is 16.3. The molecule has 2 rings (SSSR count). The highest BCUT2D eigenvalue weighted by Crippen LogP contribution is 2.12. The molecule has 0 bridgehead atoms. The van der Waals surface area contributed by atoms with Crippen molar-refractivity contribution < 1.29 is 5.11 Å². The van der Waals surface area contributed by atoms with E-state index in [1.807, 2.05) is 12.1 Å². The SMILES string of the molecule is NC(=NCCc1cccc(O)c1)N1CCCCCC1. The third-order valence-corrected chi connectivity index (χ3v) is 3.51. The predicted molar refractivity (Wildman–Crippen MR) is 78.3 cm³/mol. The van der Waals surface area contributed by atoms with Crippen molar-refractivity contribution in [1.82, 2.24) is 4.90 Å². The van der Waals surface area contributed by atoms with Crippen molar-refractivity contribution in [2.24, 2.45) is 10.7 Å². The average Bonchev–Trinajstić information content (AvgIpc) is 2.67. The summed E-state index contributed by atoms with van der Waals surface area (Å²) in [5.74, 6) is 0.976. The lowest BCUT2D eigenvalue weighted by Crippen LogP contribution is -2.38. The standard InChI is InChI=1S/C15H23N3O/c16-15(18-10-3-1-2-4-11-18)17-9-8-13-6-5-7-14(19)12-13/h5-7,12,19H,1-4,8-11H2,(H2,16,17). The Kier molecular flexibility index (Phi) is 5.07. The number of aliphatic imine (C=N–C) groups is 1. The largest absolute Gasteiger partial charge is 0.508 e. The van der Waals surface area contributed by atoms with E-state index in [2.05, 4.69) is 9.89 Å².